The van der Waals surface area contributed by atoms with Crippen LogP contribution in [0.4, 0.5) is 4.39 Å². The van der Waals surface area contributed by atoms with E-state index in [-0.39, 0.29) is 36.3 Å². The highest BCUT2D eigenvalue weighted by Gasteiger charge is 2.35. The minimum absolute atomic E-state index is 0.0722. The molecule has 1 saturated heterocycles. The molecule has 2 aliphatic rings. The summed E-state index contributed by atoms with van der Waals surface area (Å²) in [6.07, 6.45) is 0.580. The van der Waals surface area contributed by atoms with Gasteiger partial charge in [-0.1, -0.05) is 36.4 Å². The average Bonchev–Trinajstić information content (AvgIpc) is 3.36. The number of nitrogens with zero attached hydrogens (tertiary/aromatic N) is 1. The lowest BCUT2D eigenvalue weighted by atomic mass is 9.83. The maximum Gasteiger partial charge on any atom is 0.253 e. The molecule has 0 aliphatic carbocycles. The van der Waals surface area contributed by atoms with Crippen LogP contribution in [-0.2, 0) is 11.3 Å². The van der Waals surface area contributed by atoms with Crippen LogP contribution >= 0.6 is 0 Å². The SMILES string of the molecule is Cc1cc([C@@H]2C[C@H](C(=O)NCc3ccc4c(c3)OCO4)CN(C(=O)c3ccccc3)C2)ccc1F. The van der Waals surface area contributed by atoms with Crippen LogP contribution in [0, 0.1) is 18.7 Å². The Morgan fingerprint density at radius 3 is 2.60 bits per heavy atom. The van der Waals surface area contributed by atoms with Crippen LogP contribution in [-0.4, -0.2) is 36.6 Å². The van der Waals surface area contributed by atoms with Gasteiger partial charge in [-0.2, -0.15) is 0 Å². The highest BCUT2D eigenvalue weighted by Crippen LogP contribution is 2.34. The van der Waals surface area contributed by atoms with Crippen LogP contribution in [0.3, 0.4) is 0 Å². The van der Waals surface area contributed by atoms with E-state index in [0.29, 0.717) is 48.7 Å². The van der Waals surface area contributed by atoms with Gasteiger partial charge >= 0.3 is 0 Å². The van der Waals surface area contributed by atoms with E-state index in [1.165, 1.54) is 6.07 Å². The van der Waals surface area contributed by atoms with Crippen molar-refractivity contribution < 1.29 is 23.5 Å². The van der Waals surface area contributed by atoms with Crippen LogP contribution in [0.25, 0.3) is 0 Å². The van der Waals surface area contributed by atoms with Gasteiger partial charge in [-0.3, -0.25) is 9.59 Å². The Morgan fingerprint density at radius 1 is 1.00 bits per heavy atom. The fraction of sp³-hybridized carbons (Fsp3) is 0.286. The van der Waals surface area contributed by atoms with Crippen molar-refractivity contribution in [3.05, 3.63) is 94.8 Å². The van der Waals surface area contributed by atoms with E-state index >= 15 is 0 Å². The van der Waals surface area contributed by atoms with Crippen molar-refractivity contribution in [3.63, 3.8) is 0 Å². The summed E-state index contributed by atoms with van der Waals surface area (Å²) in [6, 6.07) is 19.7. The molecule has 0 spiro atoms. The van der Waals surface area contributed by atoms with E-state index in [9.17, 15) is 14.0 Å². The van der Waals surface area contributed by atoms with Crippen molar-refractivity contribution in [2.24, 2.45) is 5.92 Å². The summed E-state index contributed by atoms with van der Waals surface area (Å²) >= 11 is 0. The number of likely N-dealkylation sites (tertiary alicyclic amines) is 1. The maximum atomic E-state index is 13.9. The van der Waals surface area contributed by atoms with E-state index < -0.39 is 0 Å². The van der Waals surface area contributed by atoms with Crippen LogP contribution in [0.2, 0.25) is 0 Å². The molecule has 5 rings (SSSR count). The number of rotatable bonds is 5. The Balaban J connectivity index is 1.34. The van der Waals surface area contributed by atoms with Gasteiger partial charge in [0.1, 0.15) is 5.82 Å². The first-order chi connectivity index (χ1) is 17.0. The second-order valence-electron chi connectivity index (χ2n) is 9.12. The van der Waals surface area contributed by atoms with Crippen molar-refractivity contribution in [2.45, 2.75) is 25.8 Å². The zero-order valence-corrected chi connectivity index (χ0v) is 19.5. The highest BCUT2D eigenvalue weighted by atomic mass is 19.1. The molecule has 0 aromatic heterocycles. The molecule has 0 bridgehead atoms. The molecule has 0 saturated carbocycles. The largest absolute Gasteiger partial charge is 0.454 e. The average molecular weight is 475 g/mol. The van der Waals surface area contributed by atoms with Crippen molar-refractivity contribution in [2.75, 3.05) is 19.9 Å². The van der Waals surface area contributed by atoms with Gasteiger partial charge in [0.05, 0.1) is 5.92 Å². The lowest BCUT2D eigenvalue weighted by Crippen LogP contribution is -2.48. The number of amides is 2. The number of carbonyl (C=O) groups excluding carboxylic acids is 2. The number of fused-ring (bicyclic) bond motifs is 1. The molecule has 2 atom stereocenters. The third kappa shape index (κ3) is 4.99. The number of hydrogen-bond donors (Lipinski definition) is 1. The Kier molecular flexibility index (Phi) is 6.40. The van der Waals surface area contributed by atoms with Crippen molar-refractivity contribution in [1.82, 2.24) is 10.2 Å². The van der Waals surface area contributed by atoms with E-state index in [0.717, 1.165) is 11.1 Å². The van der Waals surface area contributed by atoms with Crippen molar-refractivity contribution >= 4 is 11.8 Å². The summed E-state index contributed by atoms with van der Waals surface area (Å²) < 4.78 is 24.7. The summed E-state index contributed by atoms with van der Waals surface area (Å²) in [4.78, 5) is 28.2. The number of aryl methyl sites for hydroxylation is 1. The van der Waals surface area contributed by atoms with Gasteiger partial charge in [0, 0.05) is 31.1 Å². The summed E-state index contributed by atoms with van der Waals surface area (Å²) in [5.74, 6) is 0.415. The smallest absolute Gasteiger partial charge is 0.253 e. The zero-order valence-electron chi connectivity index (χ0n) is 19.5. The predicted molar refractivity (Wildman–Crippen MR) is 129 cm³/mol. The summed E-state index contributed by atoms with van der Waals surface area (Å²) in [6.45, 7) is 3.08. The predicted octanol–water partition coefficient (Wildman–Crippen LogP) is 4.43. The zero-order chi connectivity index (χ0) is 24.4. The Hall–Kier alpha value is -3.87. The third-order valence-electron chi connectivity index (χ3n) is 6.69. The number of carbonyl (C=O) groups is 2. The van der Waals surface area contributed by atoms with Crippen LogP contribution in [0.5, 0.6) is 11.5 Å². The molecule has 3 aromatic rings. The maximum absolute atomic E-state index is 13.9. The lowest BCUT2D eigenvalue weighted by molar-refractivity contribution is -0.126. The number of hydrogen-bond acceptors (Lipinski definition) is 4. The van der Waals surface area contributed by atoms with Crippen LogP contribution in [0.1, 0.15) is 39.4 Å². The highest BCUT2D eigenvalue weighted by molar-refractivity contribution is 5.94. The lowest BCUT2D eigenvalue weighted by Gasteiger charge is -2.37. The van der Waals surface area contributed by atoms with Gasteiger partial charge in [0.15, 0.2) is 11.5 Å². The molecule has 6 nitrogen and oxygen atoms in total. The molecule has 0 radical (unpaired) electrons. The monoisotopic (exact) mass is 474 g/mol. The van der Waals surface area contributed by atoms with Crippen LogP contribution in [0.15, 0.2) is 66.7 Å². The first kappa shape index (κ1) is 22.9. The minimum Gasteiger partial charge on any atom is -0.454 e. The van der Waals surface area contributed by atoms with E-state index in [4.69, 9.17) is 9.47 Å². The quantitative estimate of drug-likeness (QED) is 0.594. The Bertz CT molecular complexity index is 1250. The van der Waals surface area contributed by atoms with Crippen molar-refractivity contribution in [1.29, 1.82) is 0 Å². The second kappa shape index (κ2) is 9.78. The first-order valence-electron chi connectivity index (χ1n) is 11.7. The van der Waals surface area contributed by atoms with Gasteiger partial charge in [0.2, 0.25) is 12.7 Å². The minimum atomic E-state index is -0.388. The molecular formula is C28H27FN2O4. The number of halogens is 1. The van der Waals surface area contributed by atoms with Gasteiger partial charge in [-0.05, 0) is 60.4 Å². The van der Waals surface area contributed by atoms with Gasteiger partial charge in [-0.15, -0.1) is 0 Å². The molecule has 1 N–H and O–H groups in total. The molecule has 180 valence electrons. The van der Waals surface area contributed by atoms with Gasteiger partial charge in [0.25, 0.3) is 5.91 Å². The van der Waals surface area contributed by atoms with Gasteiger partial charge < -0.3 is 19.7 Å². The number of benzene rings is 3. The second-order valence-corrected chi connectivity index (χ2v) is 9.12. The topological polar surface area (TPSA) is 67.9 Å². The third-order valence-corrected chi connectivity index (χ3v) is 6.69. The fourth-order valence-electron chi connectivity index (χ4n) is 4.77. The molecule has 35 heavy (non-hydrogen) atoms. The van der Waals surface area contributed by atoms with Crippen molar-refractivity contribution in [3.8, 4) is 11.5 Å². The summed E-state index contributed by atoms with van der Waals surface area (Å²) in [5.41, 5.74) is 2.98. The molecule has 7 heteroatoms. The Labute approximate surface area is 203 Å². The van der Waals surface area contributed by atoms with E-state index in [1.54, 1.807) is 30.0 Å². The molecule has 2 amide bonds. The summed E-state index contributed by atoms with van der Waals surface area (Å²) in [7, 11) is 0. The van der Waals surface area contributed by atoms with Gasteiger partial charge in [-0.25, -0.2) is 4.39 Å². The van der Waals surface area contributed by atoms with E-state index in [1.807, 2.05) is 42.5 Å². The molecule has 2 aliphatic heterocycles. The molecule has 2 heterocycles. The fourth-order valence-corrected chi connectivity index (χ4v) is 4.77. The Morgan fingerprint density at radius 2 is 1.80 bits per heavy atom. The molecule has 1 fully saturated rings. The number of piperidine rings is 1. The van der Waals surface area contributed by atoms with Crippen LogP contribution < -0.4 is 14.8 Å². The number of ether oxygens (including phenoxy) is 2. The number of nitrogens with one attached hydrogen (secondary N) is 1. The van der Waals surface area contributed by atoms with E-state index in [2.05, 4.69) is 5.32 Å². The standard InChI is InChI=1S/C28H27FN2O4/c1-18-11-21(8-9-24(18)29)22-13-23(16-31(15-22)28(33)20-5-3-2-4-6-20)27(32)30-14-19-7-10-25-26(12-19)35-17-34-25/h2-12,22-23H,13-17H2,1H3,(H,30,32)/t22-,23+/m1/s1. The normalized spacial score (nSPS) is 18.9. The molecular weight excluding hydrogens is 447 g/mol. The first-order valence-corrected chi connectivity index (χ1v) is 11.7. The summed E-state index contributed by atoms with van der Waals surface area (Å²) in [5, 5.41) is 3.02. The molecule has 3 aromatic carbocycles. The molecule has 0 unspecified atom stereocenters.